The third kappa shape index (κ3) is 4.63. The highest BCUT2D eigenvalue weighted by molar-refractivity contribution is 5.33. The van der Waals surface area contributed by atoms with Crippen LogP contribution < -0.4 is 4.74 Å². The predicted molar refractivity (Wildman–Crippen MR) is 90.2 cm³/mol. The van der Waals surface area contributed by atoms with Gasteiger partial charge in [0.1, 0.15) is 5.75 Å². The van der Waals surface area contributed by atoms with Gasteiger partial charge in [0.05, 0.1) is 18.6 Å². The largest absolute Gasteiger partial charge is 0.494 e. The van der Waals surface area contributed by atoms with Gasteiger partial charge in [-0.1, -0.05) is 35.9 Å². The van der Waals surface area contributed by atoms with Crippen molar-refractivity contribution < 1.29 is 4.74 Å². The Morgan fingerprint density at radius 3 is 2.18 bits per heavy atom. The molecule has 0 aromatic heterocycles. The summed E-state index contributed by atoms with van der Waals surface area (Å²) in [6.45, 7) is 6.85. The van der Waals surface area contributed by atoms with Crippen LogP contribution in [0.4, 0.5) is 0 Å². The predicted octanol–water partition coefficient (Wildman–Crippen LogP) is 5.08. The van der Waals surface area contributed by atoms with E-state index < -0.39 is 0 Å². The van der Waals surface area contributed by atoms with E-state index >= 15 is 0 Å². The minimum atomic E-state index is -0.0524. The van der Waals surface area contributed by atoms with Crippen LogP contribution >= 0.6 is 0 Å². The summed E-state index contributed by atoms with van der Waals surface area (Å²) in [7, 11) is 0. The van der Waals surface area contributed by atoms with Crippen LogP contribution in [0.1, 0.15) is 41.0 Å². The molecule has 1 atom stereocenters. The first-order chi connectivity index (χ1) is 10.6. The lowest BCUT2D eigenvalue weighted by Crippen LogP contribution is -2.02. The van der Waals surface area contributed by atoms with E-state index in [-0.39, 0.29) is 5.92 Å². The molecule has 2 heteroatoms. The summed E-state index contributed by atoms with van der Waals surface area (Å²) < 4.78 is 5.81. The zero-order chi connectivity index (χ0) is 15.9. The zero-order valence-electron chi connectivity index (χ0n) is 13.6. The van der Waals surface area contributed by atoms with Crippen LogP contribution in [0, 0.1) is 32.1 Å². The van der Waals surface area contributed by atoms with Gasteiger partial charge < -0.3 is 4.74 Å². The van der Waals surface area contributed by atoms with E-state index in [0.29, 0.717) is 6.61 Å². The molecular formula is C20H23NO. The molecule has 0 spiro atoms. The van der Waals surface area contributed by atoms with E-state index in [2.05, 4.69) is 57.2 Å². The summed E-state index contributed by atoms with van der Waals surface area (Å²) in [4.78, 5) is 0. The molecule has 0 N–H and O–H groups in total. The number of nitrogens with zero attached hydrogens (tertiary/aromatic N) is 1. The van der Waals surface area contributed by atoms with Crippen LogP contribution in [-0.2, 0) is 0 Å². The molecule has 2 rings (SSSR count). The Morgan fingerprint density at radius 1 is 0.955 bits per heavy atom. The number of hydrogen-bond donors (Lipinski definition) is 0. The van der Waals surface area contributed by atoms with E-state index in [1.54, 1.807) is 0 Å². The Hall–Kier alpha value is -2.27. The number of nitriles is 1. The molecule has 0 amide bonds. The summed E-state index contributed by atoms with van der Waals surface area (Å²) >= 11 is 0. The quantitative estimate of drug-likeness (QED) is 0.696. The molecule has 0 heterocycles. The maximum atomic E-state index is 9.35. The molecule has 114 valence electrons. The van der Waals surface area contributed by atoms with Crippen molar-refractivity contribution in [1.82, 2.24) is 0 Å². The minimum absolute atomic E-state index is 0.0524. The van der Waals surface area contributed by atoms with Gasteiger partial charge in [-0.3, -0.25) is 0 Å². The number of aryl methyl sites for hydroxylation is 3. The third-order valence-electron chi connectivity index (χ3n) is 3.74. The van der Waals surface area contributed by atoms with Crippen LogP contribution in [0.25, 0.3) is 0 Å². The fraction of sp³-hybridized carbons (Fsp3) is 0.350. The van der Waals surface area contributed by atoms with Gasteiger partial charge in [-0.05, 0) is 62.4 Å². The zero-order valence-corrected chi connectivity index (χ0v) is 13.6. The molecule has 22 heavy (non-hydrogen) atoms. The van der Waals surface area contributed by atoms with Crippen LogP contribution in [0.2, 0.25) is 0 Å². The molecule has 1 unspecified atom stereocenters. The number of ether oxygens (including phenoxy) is 1. The Balaban J connectivity index is 1.84. The average molecular weight is 293 g/mol. The smallest absolute Gasteiger partial charge is 0.119 e. The molecule has 0 saturated heterocycles. The summed E-state index contributed by atoms with van der Waals surface area (Å²) in [5, 5.41) is 9.35. The summed E-state index contributed by atoms with van der Waals surface area (Å²) in [5.74, 6) is 0.866. The van der Waals surface area contributed by atoms with E-state index in [4.69, 9.17) is 4.74 Å². The van der Waals surface area contributed by atoms with Gasteiger partial charge in [0.25, 0.3) is 0 Å². The third-order valence-corrected chi connectivity index (χ3v) is 3.74. The first-order valence-electron chi connectivity index (χ1n) is 7.76. The number of hydrogen-bond acceptors (Lipinski definition) is 2. The molecule has 2 aromatic carbocycles. The fourth-order valence-corrected chi connectivity index (χ4v) is 2.60. The van der Waals surface area contributed by atoms with Crippen molar-refractivity contribution in [1.29, 1.82) is 5.26 Å². The highest BCUT2D eigenvalue weighted by Gasteiger charge is 2.10. The lowest BCUT2D eigenvalue weighted by atomic mass is 9.95. The monoisotopic (exact) mass is 293 g/mol. The van der Waals surface area contributed by atoms with Gasteiger partial charge in [-0.25, -0.2) is 0 Å². The minimum Gasteiger partial charge on any atom is -0.494 e. The van der Waals surface area contributed by atoms with Crippen molar-refractivity contribution in [3.8, 4) is 11.8 Å². The van der Waals surface area contributed by atoms with Gasteiger partial charge in [0, 0.05) is 0 Å². The summed E-state index contributed by atoms with van der Waals surface area (Å²) in [6.07, 6.45) is 1.70. The molecule has 0 aliphatic rings. The normalized spacial score (nSPS) is 11.7. The Kier molecular flexibility index (Phi) is 5.61. The van der Waals surface area contributed by atoms with Crippen LogP contribution in [0.15, 0.2) is 42.5 Å². The van der Waals surface area contributed by atoms with Crippen molar-refractivity contribution in [3.05, 3.63) is 64.7 Å². The molecule has 0 aliphatic heterocycles. The maximum absolute atomic E-state index is 9.35. The van der Waals surface area contributed by atoms with Crippen LogP contribution in [0.3, 0.4) is 0 Å². The highest BCUT2D eigenvalue weighted by Crippen LogP contribution is 2.22. The van der Waals surface area contributed by atoms with E-state index in [9.17, 15) is 5.26 Å². The summed E-state index contributed by atoms with van der Waals surface area (Å²) in [5.41, 5.74) is 4.74. The van der Waals surface area contributed by atoms with E-state index in [1.165, 1.54) is 16.7 Å². The molecule has 0 radical (unpaired) electrons. The molecule has 0 aliphatic carbocycles. The van der Waals surface area contributed by atoms with Crippen LogP contribution in [0.5, 0.6) is 5.75 Å². The second-order valence-electron chi connectivity index (χ2n) is 5.91. The van der Waals surface area contributed by atoms with Gasteiger partial charge in [-0.15, -0.1) is 0 Å². The van der Waals surface area contributed by atoms with Crippen molar-refractivity contribution >= 4 is 0 Å². The topological polar surface area (TPSA) is 33.0 Å². The SMILES string of the molecule is Cc1ccc(C(C#N)CCCOc2cc(C)cc(C)c2)cc1. The average Bonchev–Trinajstić information content (AvgIpc) is 2.48. The lowest BCUT2D eigenvalue weighted by molar-refractivity contribution is 0.304. The maximum Gasteiger partial charge on any atom is 0.119 e. The second-order valence-corrected chi connectivity index (χ2v) is 5.91. The molecule has 0 saturated carbocycles. The van der Waals surface area contributed by atoms with Crippen LogP contribution in [-0.4, -0.2) is 6.61 Å². The molecule has 0 fully saturated rings. The Bertz CT molecular complexity index is 632. The Labute approximate surface area is 133 Å². The van der Waals surface area contributed by atoms with Crippen molar-refractivity contribution in [3.63, 3.8) is 0 Å². The number of benzene rings is 2. The van der Waals surface area contributed by atoms with E-state index in [1.807, 2.05) is 12.1 Å². The molecule has 2 aromatic rings. The van der Waals surface area contributed by atoms with Crippen molar-refractivity contribution in [2.45, 2.75) is 39.5 Å². The second kappa shape index (κ2) is 7.66. The van der Waals surface area contributed by atoms with E-state index in [0.717, 1.165) is 24.2 Å². The molecule has 0 bridgehead atoms. The van der Waals surface area contributed by atoms with Gasteiger partial charge >= 0.3 is 0 Å². The highest BCUT2D eigenvalue weighted by atomic mass is 16.5. The summed E-state index contributed by atoms with van der Waals surface area (Å²) in [6, 6.07) is 16.9. The first kappa shape index (κ1) is 16.1. The standard InChI is InChI=1S/C20H23NO/c1-15-6-8-18(9-7-15)19(14-21)5-4-10-22-20-12-16(2)11-17(3)13-20/h6-9,11-13,19H,4-5,10H2,1-3H3. The molecular weight excluding hydrogens is 270 g/mol. The van der Waals surface area contributed by atoms with Gasteiger partial charge in [-0.2, -0.15) is 5.26 Å². The number of rotatable bonds is 6. The Morgan fingerprint density at radius 2 is 1.59 bits per heavy atom. The lowest BCUT2D eigenvalue weighted by Gasteiger charge is -2.11. The molecule has 2 nitrogen and oxygen atoms in total. The first-order valence-corrected chi connectivity index (χ1v) is 7.76. The van der Waals surface area contributed by atoms with Gasteiger partial charge in [0.15, 0.2) is 0 Å². The van der Waals surface area contributed by atoms with Crippen molar-refractivity contribution in [2.24, 2.45) is 0 Å². The fourth-order valence-electron chi connectivity index (χ4n) is 2.60. The van der Waals surface area contributed by atoms with Crippen molar-refractivity contribution in [2.75, 3.05) is 6.61 Å². The van der Waals surface area contributed by atoms with Gasteiger partial charge in [0.2, 0.25) is 0 Å².